The summed E-state index contributed by atoms with van der Waals surface area (Å²) in [6.45, 7) is 1.77. The molecular formula is C11H9FN2O. The minimum absolute atomic E-state index is 0.294. The number of carbonyl (C=O) groups is 1. The van der Waals surface area contributed by atoms with E-state index in [4.69, 9.17) is 0 Å². The highest BCUT2D eigenvalue weighted by atomic mass is 19.1. The van der Waals surface area contributed by atoms with Gasteiger partial charge in [0, 0.05) is 11.3 Å². The Balaban J connectivity index is 2.45. The Hall–Kier alpha value is -1.97. The molecule has 0 spiro atoms. The van der Waals surface area contributed by atoms with E-state index < -0.39 is 0 Å². The number of H-pyrrole nitrogens is 1. The van der Waals surface area contributed by atoms with Crippen LogP contribution in [0.15, 0.2) is 24.3 Å². The molecule has 76 valence electrons. The first-order valence-corrected chi connectivity index (χ1v) is 4.48. The van der Waals surface area contributed by atoms with E-state index in [1.54, 1.807) is 19.1 Å². The molecule has 1 aromatic carbocycles. The lowest BCUT2D eigenvalue weighted by molar-refractivity contribution is 0.111. The molecule has 0 fully saturated rings. The van der Waals surface area contributed by atoms with Gasteiger partial charge in [0.15, 0.2) is 6.29 Å². The zero-order valence-corrected chi connectivity index (χ0v) is 8.12. The van der Waals surface area contributed by atoms with E-state index in [0.29, 0.717) is 23.5 Å². The number of nitrogens with one attached hydrogen (secondary N) is 1. The molecule has 0 amide bonds. The van der Waals surface area contributed by atoms with E-state index in [0.717, 1.165) is 5.56 Å². The van der Waals surface area contributed by atoms with Crippen molar-refractivity contribution in [2.24, 2.45) is 0 Å². The van der Waals surface area contributed by atoms with Crippen LogP contribution in [0.3, 0.4) is 0 Å². The van der Waals surface area contributed by atoms with Gasteiger partial charge in [-0.1, -0.05) is 0 Å². The van der Waals surface area contributed by atoms with Crippen LogP contribution in [0, 0.1) is 12.7 Å². The second kappa shape index (κ2) is 3.65. The van der Waals surface area contributed by atoms with Crippen LogP contribution in [0.5, 0.6) is 0 Å². The molecule has 0 unspecified atom stereocenters. The van der Waals surface area contributed by atoms with Crippen molar-refractivity contribution in [2.75, 3.05) is 0 Å². The summed E-state index contributed by atoms with van der Waals surface area (Å²) in [6.07, 6.45) is 0.693. The lowest BCUT2D eigenvalue weighted by Gasteiger charge is -1.95. The fourth-order valence-corrected chi connectivity index (χ4v) is 1.33. The number of aldehydes is 1. The highest BCUT2D eigenvalue weighted by Gasteiger charge is 2.07. The van der Waals surface area contributed by atoms with Crippen molar-refractivity contribution in [2.45, 2.75) is 6.92 Å². The number of aromatic amines is 1. The summed E-state index contributed by atoms with van der Waals surface area (Å²) in [7, 11) is 0. The van der Waals surface area contributed by atoms with Gasteiger partial charge in [0.05, 0.1) is 0 Å². The third kappa shape index (κ3) is 1.79. The number of imidazole rings is 1. The molecule has 0 radical (unpaired) electrons. The number of hydrogen-bond acceptors (Lipinski definition) is 2. The average Bonchev–Trinajstić information content (AvgIpc) is 2.61. The van der Waals surface area contributed by atoms with E-state index in [-0.39, 0.29) is 5.82 Å². The SMILES string of the molecule is Cc1[nH]c(-c2ccc(F)cc2)nc1C=O. The number of benzene rings is 1. The number of rotatable bonds is 2. The molecular weight excluding hydrogens is 195 g/mol. The van der Waals surface area contributed by atoms with Gasteiger partial charge >= 0.3 is 0 Å². The molecule has 0 atom stereocenters. The summed E-state index contributed by atoms with van der Waals surface area (Å²) < 4.78 is 12.7. The zero-order valence-electron chi connectivity index (χ0n) is 8.12. The zero-order chi connectivity index (χ0) is 10.8. The third-order valence-electron chi connectivity index (χ3n) is 2.15. The molecule has 0 bridgehead atoms. The topological polar surface area (TPSA) is 45.8 Å². The Morgan fingerprint density at radius 3 is 2.53 bits per heavy atom. The van der Waals surface area contributed by atoms with Gasteiger partial charge in [-0.2, -0.15) is 0 Å². The van der Waals surface area contributed by atoms with Gasteiger partial charge in [-0.15, -0.1) is 0 Å². The fourth-order valence-electron chi connectivity index (χ4n) is 1.33. The largest absolute Gasteiger partial charge is 0.341 e. The summed E-state index contributed by atoms with van der Waals surface area (Å²) in [6, 6.07) is 5.94. The van der Waals surface area contributed by atoms with Crippen molar-refractivity contribution in [3.05, 3.63) is 41.5 Å². The quantitative estimate of drug-likeness (QED) is 0.763. The fraction of sp³-hybridized carbons (Fsp3) is 0.0909. The second-order valence-electron chi connectivity index (χ2n) is 3.22. The van der Waals surface area contributed by atoms with Gasteiger partial charge in [0.1, 0.15) is 17.3 Å². The highest BCUT2D eigenvalue weighted by Crippen LogP contribution is 2.17. The molecule has 3 nitrogen and oxygen atoms in total. The number of aromatic nitrogens is 2. The van der Waals surface area contributed by atoms with Gasteiger partial charge in [-0.05, 0) is 31.2 Å². The maximum absolute atomic E-state index is 12.7. The molecule has 1 aromatic heterocycles. The summed E-state index contributed by atoms with van der Waals surface area (Å²) >= 11 is 0. The number of nitrogens with zero attached hydrogens (tertiary/aromatic N) is 1. The van der Waals surface area contributed by atoms with Gasteiger partial charge < -0.3 is 4.98 Å². The molecule has 2 rings (SSSR count). The number of aryl methyl sites for hydroxylation is 1. The first-order chi connectivity index (χ1) is 7.20. The van der Waals surface area contributed by atoms with Crippen LogP contribution in [0.1, 0.15) is 16.2 Å². The van der Waals surface area contributed by atoms with Crippen LogP contribution in [-0.4, -0.2) is 16.3 Å². The van der Waals surface area contributed by atoms with Crippen LogP contribution < -0.4 is 0 Å². The molecule has 1 heterocycles. The molecule has 4 heteroatoms. The summed E-state index contributed by atoms with van der Waals surface area (Å²) in [5.74, 6) is 0.284. The average molecular weight is 204 g/mol. The third-order valence-corrected chi connectivity index (χ3v) is 2.15. The number of carbonyl (C=O) groups excluding carboxylic acids is 1. The first-order valence-electron chi connectivity index (χ1n) is 4.48. The van der Waals surface area contributed by atoms with Gasteiger partial charge in [-0.3, -0.25) is 4.79 Å². The van der Waals surface area contributed by atoms with Crippen LogP contribution in [0.4, 0.5) is 4.39 Å². The normalized spacial score (nSPS) is 10.3. The van der Waals surface area contributed by atoms with E-state index >= 15 is 0 Å². The smallest absolute Gasteiger partial charge is 0.170 e. The van der Waals surface area contributed by atoms with E-state index in [2.05, 4.69) is 9.97 Å². The van der Waals surface area contributed by atoms with Crippen LogP contribution in [0.2, 0.25) is 0 Å². The predicted octanol–water partition coefficient (Wildman–Crippen LogP) is 2.34. The Labute approximate surface area is 86.0 Å². The predicted molar refractivity (Wildman–Crippen MR) is 54.1 cm³/mol. The molecule has 0 aliphatic carbocycles. The van der Waals surface area contributed by atoms with Gasteiger partial charge in [0.2, 0.25) is 0 Å². The van der Waals surface area contributed by atoms with Crippen molar-refractivity contribution in [1.82, 2.24) is 9.97 Å². The lowest BCUT2D eigenvalue weighted by Crippen LogP contribution is -1.82. The monoisotopic (exact) mass is 204 g/mol. The molecule has 0 aliphatic heterocycles. The molecule has 15 heavy (non-hydrogen) atoms. The highest BCUT2D eigenvalue weighted by molar-refractivity contribution is 5.75. The van der Waals surface area contributed by atoms with Gasteiger partial charge in [-0.25, -0.2) is 9.37 Å². The maximum atomic E-state index is 12.7. The van der Waals surface area contributed by atoms with Gasteiger partial charge in [0.25, 0.3) is 0 Å². The van der Waals surface area contributed by atoms with E-state index in [1.165, 1.54) is 12.1 Å². The number of halogens is 1. The van der Waals surface area contributed by atoms with Crippen LogP contribution >= 0.6 is 0 Å². The minimum atomic E-state index is -0.294. The second-order valence-corrected chi connectivity index (χ2v) is 3.22. The Kier molecular flexibility index (Phi) is 2.33. The lowest BCUT2D eigenvalue weighted by atomic mass is 10.2. The standard InChI is InChI=1S/C11H9FN2O/c1-7-10(6-15)14-11(13-7)8-2-4-9(12)5-3-8/h2-6H,1H3,(H,13,14). The van der Waals surface area contributed by atoms with Crippen molar-refractivity contribution in [1.29, 1.82) is 0 Å². The summed E-state index contributed by atoms with van der Waals surface area (Å²) in [4.78, 5) is 17.6. The molecule has 1 N–H and O–H groups in total. The molecule has 2 aromatic rings. The summed E-state index contributed by atoms with van der Waals surface area (Å²) in [5, 5.41) is 0. The molecule has 0 aliphatic rings. The van der Waals surface area contributed by atoms with Crippen molar-refractivity contribution < 1.29 is 9.18 Å². The van der Waals surface area contributed by atoms with Crippen LogP contribution in [0.25, 0.3) is 11.4 Å². The Bertz CT molecular complexity index is 488. The summed E-state index contributed by atoms with van der Waals surface area (Å²) in [5.41, 5.74) is 1.85. The van der Waals surface area contributed by atoms with Crippen molar-refractivity contribution in [3.8, 4) is 11.4 Å². The van der Waals surface area contributed by atoms with Crippen molar-refractivity contribution >= 4 is 6.29 Å². The van der Waals surface area contributed by atoms with E-state index in [1.807, 2.05) is 0 Å². The van der Waals surface area contributed by atoms with Crippen molar-refractivity contribution in [3.63, 3.8) is 0 Å². The number of hydrogen-bond donors (Lipinski definition) is 1. The Morgan fingerprint density at radius 1 is 1.33 bits per heavy atom. The van der Waals surface area contributed by atoms with Crippen LogP contribution in [-0.2, 0) is 0 Å². The van der Waals surface area contributed by atoms with E-state index in [9.17, 15) is 9.18 Å². The minimum Gasteiger partial charge on any atom is -0.341 e. The Morgan fingerprint density at radius 2 is 2.00 bits per heavy atom. The molecule has 0 saturated carbocycles. The maximum Gasteiger partial charge on any atom is 0.170 e. The first kappa shape index (κ1) is 9.58. The molecule has 0 saturated heterocycles.